The van der Waals surface area contributed by atoms with Gasteiger partial charge in [-0.1, -0.05) is 161 Å². The van der Waals surface area contributed by atoms with E-state index >= 15 is 0 Å². The molecule has 0 N–H and O–H groups in total. The van der Waals surface area contributed by atoms with Crippen molar-refractivity contribution < 1.29 is 0 Å². The minimum atomic E-state index is 0.871. The van der Waals surface area contributed by atoms with Crippen LogP contribution in [0.25, 0.3) is 10.8 Å². The van der Waals surface area contributed by atoms with Crippen molar-refractivity contribution in [2.45, 2.75) is 156 Å². The van der Waals surface area contributed by atoms with Gasteiger partial charge in [0, 0.05) is 0 Å². The van der Waals surface area contributed by atoms with Gasteiger partial charge < -0.3 is 0 Å². The topological polar surface area (TPSA) is 0 Å². The maximum absolute atomic E-state index is 3.82. The normalized spacial score (nSPS) is 11.8. The van der Waals surface area contributed by atoms with Crippen LogP contribution in [0.15, 0.2) is 30.3 Å². The average Bonchev–Trinajstić information content (AvgIpc) is 2.85. The fourth-order valence-corrected chi connectivity index (χ4v) is 5.54. The van der Waals surface area contributed by atoms with Crippen LogP contribution >= 0.6 is 0 Å². The Balaban J connectivity index is 1.65. The summed E-state index contributed by atoms with van der Waals surface area (Å²) in [4.78, 5) is 0. The van der Waals surface area contributed by atoms with Crippen LogP contribution in [0, 0.1) is 17.9 Å². The van der Waals surface area contributed by atoms with Crippen molar-refractivity contribution in [3.05, 3.63) is 47.5 Å². The highest BCUT2D eigenvalue weighted by molar-refractivity contribution is 5.83. The molecule has 0 nitrogen and oxygen atoms in total. The van der Waals surface area contributed by atoms with E-state index in [2.05, 4.69) is 64.1 Å². The van der Waals surface area contributed by atoms with E-state index in [1.807, 2.05) is 0 Å². The molecule has 0 heterocycles. The Morgan fingerprint density at radius 3 is 1.50 bits per heavy atom. The van der Waals surface area contributed by atoms with E-state index in [1.165, 1.54) is 145 Å². The highest BCUT2D eigenvalue weighted by Crippen LogP contribution is 2.24. The molecule has 0 amide bonds. The summed E-state index contributed by atoms with van der Waals surface area (Å²) in [5, 5.41) is 2.67. The summed E-state index contributed by atoms with van der Waals surface area (Å²) in [6.07, 6.45) is 27.8. The second-order valence-corrected chi connectivity index (χ2v) is 12.4. The number of aryl methyl sites for hydroxylation is 2. The summed E-state index contributed by atoms with van der Waals surface area (Å²) in [7, 11) is 0. The largest absolute Gasteiger partial charge is 0.0628 e. The number of unbranched alkanes of at least 4 members (excludes halogenated alkanes) is 14. The van der Waals surface area contributed by atoms with Gasteiger partial charge in [0.25, 0.3) is 0 Å². The van der Waals surface area contributed by atoms with Gasteiger partial charge in [0.2, 0.25) is 0 Å². The standard InChI is InChI=1S/C36H59/c1-31(2)23-17-13-9-5-7-11-15-19-25-33-29-35-27-21-22-28-36(35)30-34(33)26-20-16-12-8-6-10-14-18-24-32(3)4/h21-22,27-29,31-32H,5-20,23-26H2,1-4H3. The van der Waals surface area contributed by atoms with Gasteiger partial charge in [0.1, 0.15) is 0 Å². The smallest absolute Gasteiger partial charge is 0.00614 e. The fourth-order valence-electron chi connectivity index (χ4n) is 5.54. The Morgan fingerprint density at radius 1 is 0.528 bits per heavy atom. The first-order valence-corrected chi connectivity index (χ1v) is 16.0. The van der Waals surface area contributed by atoms with Gasteiger partial charge in [0.05, 0.1) is 0 Å². The Kier molecular flexibility index (Phi) is 17.0. The number of rotatable bonds is 22. The molecule has 36 heavy (non-hydrogen) atoms. The van der Waals surface area contributed by atoms with Crippen LogP contribution in [0.2, 0.25) is 0 Å². The van der Waals surface area contributed by atoms with Crippen LogP contribution in [0.5, 0.6) is 0 Å². The summed E-state index contributed by atoms with van der Waals surface area (Å²) >= 11 is 0. The summed E-state index contributed by atoms with van der Waals surface area (Å²) in [5.41, 5.74) is 3.08. The Morgan fingerprint density at radius 2 is 0.972 bits per heavy atom. The maximum Gasteiger partial charge on any atom is -0.00614 e. The van der Waals surface area contributed by atoms with Crippen molar-refractivity contribution in [1.82, 2.24) is 0 Å². The lowest BCUT2D eigenvalue weighted by Crippen LogP contribution is -1.97. The summed E-state index contributed by atoms with van der Waals surface area (Å²) in [6.45, 7) is 9.37. The molecule has 1 radical (unpaired) electrons. The van der Waals surface area contributed by atoms with E-state index in [4.69, 9.17) is 0 Å². The van der Waals surface area contributed by atoms with E-state index in [-0.39, 0.29) is 0 Å². The van der Waals surface area contributed by atoms with Gasteiger partial charge in [0.15, 0.2) is 0 Å². The van der Waals surface area contributed by atoms with Gasteiger partial charge >= 0.3 is 0 Å². The predicted octanol–water partition coefficient (Wildman–Crippen LogP) is 12.1. The Hall–Kier alpha value is -1.30. The van der Waals surface area contributed by atoms with Gasteiger partial charge in [-0.15, -0.1) is 0 Å². The SMILES string of the molecule is CC(C)CCCCCCCCCCc1[c]c2ccccc2cc1CCCCCCCCCCC(C)C. The molecule has 0 saturated carbocycles. The quantitative estimate of drug-likeness (QED) is 0.144. The first-order valence-electron chi connectivity index (χ1n) is 16.0. The molecule has 0 atom stereocenters. The summed E-state index contributed by atoms with van der Waals surface area (Å²) < 4.78 is 0. The van der Waals surface area contributed by atoms with Gasteiger partial charge in [-0.05, 0) is 65.5 Å². The third-order valence-corrected chi connectivity index (χ3v) is 7.90. The fraction of sp³-hybridized carbons (Fsp3) is 0.722. The van der Waals surface area contributed by atoms with E-state index in [9.17, 15) is 0 Å². The van der Waals surface area contributed by atoms with Crippen LogP contribution in [-0.2, 0) is 12.8 Å². The first kappa shape index (κ1) is 30.9. The van der Waals surface area contributed by atoms with Crippen molar-refractivity contribution in [3.8, 4) is 0 Å². The zero-order chi connectivity index (χ0) is 25.8. The zero-order valence-corrected chi connectivity index (χ0v) is 24.7. The van der Waals surface area contributed by atoms with Crippen molar-refractivity contribution in [1.29, 1.82) is 0 Å². The number of hydrogen-bond acceptors (Lipinski definition) is 0. The molecule has 0 aliphatic heterocycles. The molecule has 0 aromatic heterocycles. The molecule has 0 heteroatoms. The van der Waals surface area contributed by atoms with Gasteiger partial charge in [-0.3, -0.25) is 0 Å². The van der Waals surface area contributed by atoms with Crippen LogP contribution in [0.4, 0.5) is 0 Å². The molecule has 2 rings (SSSR count). The van der Waals surface area contributed by atoms with Crippen LogP contribution in [-0.4, -0.2) is 0 Å². The highest BCUT2D eigenvalue weighted by Gasteiger charge is 2.07. The minimum absolute atomic E-state index is 0.871. The van der Waals surface area contributed by atoms with Crippen molar-refractivity contribution in [2.75, 3.05) is 0 Å². The lowest BCUT2D eigenvalue weighted by Gasteiger charge is -2.12. The number of benzene rings is 2. The third-order valence-electron chi connectivity index (χ3n) is 7.90. The molecule has 0 aliphatic carbocycles. The van der Waals surface area contributed by atoms with E-state index in [0.29, 0.717) is 0 Å². The van der Waals surface area contributed by atoms with Crippen molar-refractivity contribution >= 4 is 10.8 Å². The highest BCUT2D eigenvalue weighted by atomic mass is 14.1. The maximum atomic E-state index is 3.82. The van der Waals surface area contributed by atoms with Gasteiger partial charge in [-0.25, -0.2) is 0 Å². The molecule has 0 saturated heterocycles. The monoisotopic (exact) mass is 491 g/mol. The predicted molar refractivity (Wildman–Crippen MR) is 163 cm³/mol. The van der Waals surface area contributed by atoms with Crippen molar-refractivity contribution in [3.63, 3.8) is 0 Å². The molecule has 0 fully saturated rings. The van der Waals surface area contributed by atoms with Crippen LogP contribution in [0.3, 0.4) is 0 Å². The Labute approximate surface area is 226 Å². The van der Waals surface area contributed by atoms with E-state index < -0.39 is 0 Å². The van der Waals surface area contributed by atoms with Crippen LogP contribution < -0.4 is 0 Å². The molecule has 203 valence electrons. The minimum Gasteiger partial charge on any atom is -0.0628 e. The second-order valence-electron chi connectivity index (χ2n) is 12.4. The van der Waals surface area contributed by atoms with Crippen molar-refractivity contribution in [2.24, 2.45) is 11.8 Å². The molecular weight excluding hydrogens is 432 g/mol. The summed E-state index contributed by atoms with van der Waals surface area (Å²) in [6, 6.07) is 15.1. The summed E-state index contributed by atoms with van der Waals surface area (Å²) in [5.74, 6) is 1.74. The molecule has 2 aromatic carbocycles. The molecule has 0 aliphatic rings. The van der Waals surface area contributed by atoms with Gasteiger partial charge in [-0.2, -0.15) is 0 Å². The van der Waals surface area contributed by atoms with Crippen LogP contribution in [0.1, 0.15) is 154 Å². The molecule has 0 spiro atoms. The zero-order valence-electron chi connectivity index (χ0n) is 24.7. The van der Waals surface area contributed by atoms with E-state index in [1.54, 1.807) is 5.56 Å². The third kappa shape index (κ3) is 14.4. The molecule has 2 aromatic rings. The number of fused-ring (bicyclic) bond motifs is 1. The Bertz CT molecular complexity index is 717. The second kappa shape index (κ2) is 19.8. The average molecular weight is 492 g/mol. The molecule has 0 unspecified atom stereocenters. The number of hydrogen-bond donors (Lipinski definition) is 0. The molecule has 0 bridgehead atoms. The lowest BCUT2D eigenvalue weighted by atomic mass is 9.93. The lowest BCUT2D eigenvalue weighted by molar-refractivity contribution is 0.506. The first-order chi connectivity index (χ1) is 17.6. The van der Waals surface area contributed by atoms with E-state index in [0.717, 1.165) is 11.8 Å². The molecular formula is C36H59.